The van der Waals surface area contributed by atoms with Crippen LogP contribution in [-0.4, -0.2) is 15.7 Å². The average Bonchev–Trinajstić information content (AvgIpc) is 2.69. The molecule has 0 radical (unpaired) electrons. The number of carbonyl (C=O) groups excluding carboxylic acids is 1. The standard InChI is InChI=1S/C23H24ClN3O2/c1-5-21(23(29)25-19-8-6-7-18(24)16(19)4)27-22(28)12-11-20(26-27)17-13-14(2)9-10-15(17)3/h6-13,21H,5H2,1-4H3,(H,25,29)/t21-/m1/s1. The lowest BCUT2D eigenvalue weighted by Crippen LogP contribution is -2.34. The van der Waals surface area contributed by atoms with E-state index in [1.807, 2.05) is 45.9 Å². The van der Waals surface area contributed by atoms with Crippen molar-refractivity contribution in [2.75, 3.05) is 5.32 Å². The summed E-state index contributed by atoms with van der Waals surface area (Å²) in [5.41, 5.74) is 4.85. The third-order valence-electron chi connectivity index (χ3n) is 5.00. The predicted octanol–water partition coefficient (Wildman–Crippen LogP) is 5.08. The minimum absolute atomic E-state index is 0.300. The molecule has 0 aliphatic carbocycles. The van der Waals surface area contributed by atoms with Crippen LogP contribution >= 0.6 is 11.6 Å². The topological polar surface area (TPSA) is 64.0 Å². The van der Waals surface area contributed by atoms with Crippen LogP contribution in [0.4, 0.5) is 5.69 Å². The van der Waals surface area contributed by atoms with Gasteiger partial charge in [-0.1, -0.05) is 42.3 Å². The molecule has 3 aromatic rings. The molecule has 0 saturated heterocycles. The van der Waals surface area contributed by atoms with Gasteiger partial charge in [-0.25, -0.2) is 4.68 Å². The van der Waals surface area contributed by atoms with Crippen LogP contribution in [0.5, 0.6) is 0 Å². The van der Waals surface area contributed by atoms with Crippen LogP contribution in [0.1, 0.15) is 36.1 Å². The van der Waals surface area contributed by atoms with Crippen LogP contribution < -0.4 is 10.9 Å². The predicted molar refractivity (Wildman–Crippen MR) is 118 cm³/mol. The van der Waals surface area contributed by atoms with Crippen molar-refractivity contribution in [3.05, 3.63) is 80.6 Å². The number of rotatable bonds is 5. The van der Waals surface area contributed by atoms with E-state index in [0.29, 0.717) is 22.8 Å². The highest BCUT2D eigenvalue weighted by Gasteiger charge is 2.22. The number of halogens is 1. The Morgan fingerprint density at radius 1 is 1.14 bits per heavy atom. The van der Waals surface area contributed by atoms with Gasteiger partial charge in [0.25, 0.3) is 5.56 Å². The Bertz CT molecular complexity index is 1120. The largest absolute Gasteiger partial charge is 0.324 e. The SMILES string of the molecule is CC[C@H](C(=O)Nc1cccc(Cl)c1C)n1nc(-c2cc(C)ccc2C)ccc1=O. The fourth-order valence-corrected chi connectivity index (χ4v) is 3.41. The van der Waals surface area contributed by atoms with Gasteiger partial charge in [0.2, 0.25) is 5.91 Å². The number of carbonyl (C=O) groups is 1. The average molecular weight is 410 g/mol. The van der Waals surface area contributed by atoms with Crippen molar-refractivity contribution >= 4 is 23.2 Å². The second-order valence-corrected chi connectivity index (χ2v) is 7.55. The summed E-state index contributed by atoms with van der Waals surface area (Å²) >= 11 is 6.15. The molecule has 1 heterocycles. The van der Waals surface area contributed by atoms with Gasteiger partial charge >= 0.3 is 0 Å². The molecule has 0 aliphatic heterocycles. The molecule has 6 heteroatoms. The molecule has 0 aliphatic rings. The van der Waals surface area contributed by atoms with Gasteiger partial charge in [-0.3, -0.25) is 9.59 Å². The molecule has 5 nitrogen and oxygen atoms in total. The maximum Gasteiger partial charge on any atom is 0.267 e. The molecule has 1 atom stereocenters. The van der Waals surface area contributed by atoms with Gasteiger partial charge < -0.3 is 5.32 Å². The highest BCUT2D eigenvalue weighted by atomic mass is 35.5. The first-order valence-corrected chi connectivity index (χ1v) is 9.93. The molecule has 0 spiro atoms. The smallest absolute Gasteiger partial charge is 0.267 e. The lowest BCUT2D eigenvalue weighted by Gasteiger charge is -2.19. The fraction of sp³-hybridized carbons (Fsp3) is 0.261. The molecular formula is C23H24ClN3O2. The van der Waals surface area contributed by atoms with Gasteiger partial charge in [0.15, 0.2) is 0 Å². The summed E-state index contributed by atoms with van der Waals surface area (Å²) in [5, 5.41) is 7.99. The fourth-order valence-electron chi connectivity index (χ4n) is 3.23. The van der Waals surface area contributed by atoms with Crippen molar-refractivity contribution in [1.82, 2.24) is 9.78 Å². The van der Waals surface area contributed by atoms with Crippen molar-refractivity contribution in [2.45, 2.75) is 40.2 Å². The van der Waals surface area contributed by atoms with Crippen molar-refractivity contribution in [3.63, 3.8) is 0 Å². The Morgan fingerprint density at radius 2 is 1.90 bits per heavy atom. The number of amides is 1. The molecular weight excluding hydrogens is 386 g/mol. The van der Waals surface area contributed by atoms with Crippen LogP contribution in [0.3, 0.4) is 0 Å². The molecule has 2 aromatic carbocycles. The zero-order chi connectivity index (χ0) is 21.1. The molecule has 1 amide bonds. The summed E-state index contributed by atoms with van der Waals surface area (Å²) in [7, 11) is 0. The molecule has 1 aromatic heterocycles. The summed E-state index contributed by atoms with van der Waals surface area (Å²) in [5.74, 6) is -0.300. The third kappa shape index (κ3) is 4.40. The van der Waals surface area contributed by atoms with E-state index in [2.05, 4.69) is 10.4 Å². The molecule has 0 saturated carbocycles. The number of benzene rings is 2. The van der Waals surface area contributed by atoms with E-state index >= 15 is 0 Å². The second kappa shape index (κ2) is 8.62. The molecule has 0 fully saturated rings. The number of aryl methyl sites for hydroxylation is 2. The first-order chi connectivity index (χ1) is 13.8. The minimum Gasteiger partial charge on any atom is -0.324 e. The Balaban J connectivity index is 1.99. The summed E-state index contributed by atoms with van der Waals surface area (Å²) < 4.78 is 1.27. The van der Waals surface area contributed by atoms with Crippen LogP contribution in [-0.2, 0) is 4.79 Å². The van der Waals surface area contributed by atoms with Crippen molar-refractivity contribution < 1.29 is 4.79 Å². The molecule has 0 bridgehead atoms. The van der Waals surface area contributed by atoms with Gasteiger partial charge in [0.05, 0.1) is 5.69 Å². The van der Waals surface area contributed by atoms with E-state index in [0.717, 1.165) is 22.3 Å². The lowest BCUT2D eigenvalue weighted by atomic mass is 10.0. The van der Waals surface area contributed by atoms with Crippen LogP contribution in [0.25, 0.3) is 11.3 Å². The number of hydrogen-bond donors (Lipinski definition) is 1. The molecule has 150 valence electrons. The van der Waals surface area contributed by atoms with E-state index in [1.54, 1.807) is 24.3 Å². The Kier molecular flexibility index (Phi) is 6.18. The van der Waals surface area contributed by atoms with Crippen LogP contribution in [0, 0.1) is 20.8 Å². The summed E-state index contributed by atoms with van der Waals surface area (Å²) in [6, 6.07) is 13.8. The zero-order valence-electron chi connectivity index (χ0n) is 17.0. The minimum atomic E-state index is -0.731. The van der Waals surface area contributed by atoms with Crippen LogP contribution in [0.2, 0.25) is 5.02 Å². The van der Waals surface area contributed by atoms with Crippen molar-refractivity contribution in [1.29, 1.82) is 0 Å². The van der Waals surface area contributed by atoms with E-state index in [9.17, 15) is 9.59 Å². The maximum absolute atomic E-state index is 13.0. The number of hydrogen-bond acceptors (Lipinski definition) is 3. The number of nitrogens with one attached hydrogen (secondary N) is 1. The Morgan fingerprint density at radius 3 is 2.62 bits per heavy atom. The first-order valence-electron chi connectivity index (χ1n) is 9.55. The quantitative estimate of drug-likeness (QED) is 0.639. The van der Waals surface area contributed by atoms with Gasteiger partial charge in [-0.15, -0.1) is 0 Å². The molecule has 0 unspecified atom stereocenters. The number of aromatic nitrogens is 2. The normalized spacial score (nSPS) is 11.9. The highest BCUT2D eigenvalue weighted by Crippen LogP contribution is 2.25. The van der Waals surface area contributed by atoms with E-state index in [-0.39, 0.29) is 11.5 Å². The summed E-state index contributed by atoms with van der Waals surface area (Å²) in [4.78, 5) is 25.5. The van der Waals surface area contributed by atoms with E-state index in [4.69, 9.17) is 11.6 Å². The number of nitrogens with zero attached hydrogens (tertiary/aromatic N) is 2. The highest BCUT2D eigenvalue weighted by molar-refractivity contribution is 6.31. The summed E-state index contributed by atoms with van der Waals surface area (Å²) in [6.07, 6.45) is 0.425. The van der Waals surface area contributed by atoms with Crippen molar-refractivity contribution in [2.24, 2.45) is 0 Å². The van der Waals surface area contributed by atoms with Gasteiger partial charge in [-0.2, -0.15) is 5.10 Å². The first kappa shape index (κ1) is 20.8. The zero-order valence-corrected chi connectivity index (χ0v) is 17.7. The van der Waals surface area contributed by atoms with Crippen molar-refractivity contribution in [3.8, 4) is 11.3 Å². The Labute approximate surface area is 175 Å². The number of anilines is 1. The molecule has 29 heavy (non-hydrogen) atoms. The van der Waals surface area contributed by atoms with Gasteiger partial charge in [0.1, 0.15) is 6.04 Å². The van der Waals surface area contributed by atoms with Gasteiger partial charge in [0, 0.05) is 22.3 Å². The molecule has 3 rings (SSSR count). The van der Waals surface area contributed by atoms with Gasteiger partial charge in [-0.05, 0) is 62.6 Å². The van der Waals surface area contributed by atoms with E-state index in [1.165, 1.54) is 10.7 Å². The molecule has 1 N–H and O–H groups in total. The third-order valence-corrected chi connectivity index (χ3v) is 5.41. The lowest BCUT2D eigenvalue weighted by molar-refractivity contribution is -0.119. The van der Waals surface area contributed by atoms with Crippen LogP contribution in [0.15, 0.2) is 53.3 Å². The summed E-state index contributed by atoms with van der Waals surface area (Å²) in [6.45, 7) is 7.70. The second-order valence-electron chi connectivity index (χ2n) is 7.15. The van der Waals surface area contributed by atoms with E-state index < -0.39 is 6.04 Å². The maximum atomic E-state index is 13.0. The Hall–Kier alpha value is -2.92. The monoisotopic (exact) mass is 409 g/mol.